The summed E-state index contributed by atoms with van der Waals surface area (Å²) in [5.74, 6) is -5.48. The van der Waals surface area contributed by atoms with Gasteiger partial charge >= 0.3 is 5.97 Å². The molecule has 1 rings (SSSR count). The molecule has 17 heteroatoms. The lowest BCUT2D eigenvalue weighted by atomic mass is 10.1. The number of rotatable bonds is 17. The highest BCUT2D eigenvalue weighted by Gasteiger charge is 2.28. The smallest absolute Gasteiger partial charge is 0.322 e. The number of aliphatic imine (C=N–C) groups is 1. The topological polar surface area (TPSA) is 276 Å². The fourth-order valence-electron chi connectivity index (χ4n) is 3.51. The number of hydrogen-bond acceptors (Lipinski definition) is 8. The average molecular weight is 620 g/mol. The number of hydrogen-bond donors (Lipinski definition) is 9. The molecule has 0 aliphatic carbocycles. The molecule has 6 amide bonds. The summed E-state index contributed by atoms with van der Waals surface area (Å²) in [4.78, 5) is 89.9. The van der Waals surface area contributed by atoms with Crippen LogP contribution in [0, 0.1) is 0 Å². The van der Waals surface area contributed by atoms with Crippen molar-refractivity contribution < 1.29 is 38.7 Å². The standard InChI is InChI=1S/C27H41N9O8/c1-14(21(39)31-13-20(37)38)35-26(44)19(11-8-12-30-27(28)29)36-24(42)17(4)33-22(40)15(2)32-23(41)16(3)34-25(43)18-9-6-5-7-10-18/h5-7,9-10,14-17,19H,8,11-13H2,1-4H3,(H,31,39)(H,32,41)(H,33,40)(H,34,43)(H,35,44)(H,36,42)(H,37,38)(H4,28,29,30)/t14-,15-,16-,17-,19-/m0/s1. The molecule has 44 heavy (non-hydrogen) atoms. The second-order valence-corrected chi connectivity index (χ2v) is 9.87. The van der Waals surface area contributed by atoms with Gasteiger partial charge in [-0.2, -0.15) is 0 Å². The molecule has 0 aromatic heterocycles. The third-order valence-electron chi connectivity index (χ3n) is 6.03. The molecular formula is C27H41N9O8. The number of guanidine groups is 1. The van der Waals surface area contributed by atoms with Crippen LogP contribution in [0.5, 0.6) is 0 Å². The fourth-order valence-corrected chi connectivity index (χ4v) is 3.51. The van der Waals surface area contributed by atoms with E-state index in [9.17, 15) is 33.6 Å². The molecule has 0 spiro atoms. The third-order valence-corrected chi connectivity index (χ3v) is 6.03. The molecule has 0 aliphatic rings. The van der Waals surface area contributed by atoms with Crippen LogP contribution >= 0.6 is 0 Å². The van der Waals surface area contributed by atoms with Crippen molar-refractivity contribution in [2.75, 3.05) is 13.1 Å². The molecule has 0 saturated heterocycles. The second kappa shape index (κ2) is 18.3. The summed E-state index contributed by atoms with van der Waals surface area (Å²) < 4.78 is 0. The van der Waals surface area contributed by atoms with Crippen molar-refractivity contribution in [2.24, 2.45) is 16.5 Å². The zero-order valence-electron chi connectivity index (χ0n) is 25.0. The molecule has 11 N–H and O–H groups in total. The largest absolute Gasteiger partial charge is 0.480 e. The number of nitrogens with two attached hydrogens (primary N) is 2. The highest BCUT2D eigenvalue weighted by atomic mass is 16.4. The van der Waals surface area contributed by atoms with Crippen molar-refractivity contribution >= 4 is 47.4 Å². The summed E-state index contributed by atoms with van der Waals surface area (Å²) >= 11 is 0. The highest BCUT2D eigenvalue weighted by molar-refractivity contribution is 5.99. The normalized spacial score (nSPS) is 13.8. The lowest BCUT2D eigenvalue weighted by Crippen LogP contribution is -2.57. The predicted octanol–water partition coefficient (Wildman–Crippen LogP) is -2.94. The van der Waals surface area contributed by atoms with Crippen LogP contribution in [0.1, 0.15) is 50.9 Å². The van der Waals surface area contributed by atoms with E-state index in [1.165, 1.54) is 27.7 Å². The number of carboxylic acid groups (broad SMARTS) is 1. The minimum absolute atomic E-state index is 0.0531. The number of amides is 6. The number of carbonyl (C=O) groups excluding carboxylic acids is 6. The van der Waals surface area contributed by atoms with Crippen LogP contribution in [-0.4, -0.2) is 95.8 Å². The number of nitrogens with zero attached hydrogens (tertiary/aromatic N) is 1. The predicted molar refractivity (Wildman–Crippen MR) is 159 cm³/mol. The van der Waals surface area contributed by atoms with Gasteiger partial charge in [0.1, 0.15) is 36.8 Å². The molecule has 0 bridgehead atoms. The fraction of sp³-hybridized carbons (Fsp3) is 0.481. The van der Waals surface area contributed by atoms with Gasteiger partial charge in [-0.15, -0.1) is 0 Å². The van der Waals surface area contributed by atoms with Gasteiger partial charge in [0.15, 0.2) is 5.96 Å². The lowest BCUT2D eigenvalue weighted by Gasteiger charge is -2.24. The Kier molecular flexibility index (Phi) is 15.3. The van der Waals surface area contributed by atoms with Crippen LogP contribution in [-0.2, 0) is 28.8 Å². The van der Waals surface area contributed by atoms with E-state index in [-0.39, 0.29) is 25.3 Å². The van der Waals surface area contributed by atoms with E-state index in [0.717, 1.165) is 0 Å². The molecule has 5 atom stereocenters. The van der Waals surface area contributed by atoms with E-state index in [4.69, 9.17) is 16.6 Å². The first-order valence-corrected chi connectivity index (χ1v) is 13.7. The Bertz CT molecular complexity index is 1220. The van der Waals surface area contributed by atoms with Crippen molar-refractivity contribution in [3.8, 4) is 0 Å². The SMILES string of the molecule is C[C@H](NC(=O)c1ccccc1)C(=O)N[C@@H](C)C(=O)N[C@@H](C)C(=O)N[C@@H](CCCN=C(N)N)C(=O)N[C@@H](C)C(=O)NCC(=O)O. The number of aliphatic carboxylic acids is 1. The third kappa shape index (κ3) is 13.6. The Morgan fingerprint density at radius 2 is 1.18 bits per heavy atom. The van der Waals surface area contributed by atoms with E-state index in [1.54, 1.807) is 30.3 Å². The van der Waals surface area contributed by atoms with Crippen LogP contribution in [0.4, 0.5) is 0 Å². The lowest BCUT2D eigenvalue weighted by molar-refractivity contribution is -0.138. The molecule has 0 heterocycles. The molecule has 0 unspecified atom stereocenters. The van der Waals surface area contributed by atoms with E-state index < -0.39 is 78.2 Å². The number of carbonyl (C=O) groups is 7. The van der Waals surface area contributed by atoms with E-state index in [2.05, 4.69) is 36.9 Å². The zero-order chi connectivity index (χ0) is 33.4. The van der Waals surface area contributed by atoms with Gasteiger partial charge in [-0.1, -0.05) is 18.2 Å². The minimum atomic E-state index is -1.27. The van der Waals surface area contributed by atoms with Gasteiger partial charge in [0.05, 0.1) is 0 Å². The Hall–Kier alpha value is -5.22. The van der Waals surface area contributed by atoms with Gasteiger partial charge in [0.2, 0.25) is 29.5 Å². The van der Waals surface area contributed by atoms with Gasteiger partial charge in [-0.25, -0.2) is 0 Å². The monoisotopic (exact) mass is 619 g/mol. The number of benzene rings is 1. The van der Waals surface area contributed by atoms with Gasteiger partial charge in [0, 0.05) is 12.1 Å². The average Bonchev–Trinajstić information content (AvgIpc) is 2.97. The number of nitrogens with one attached hydrogen (secondary N) is 6. The first-order chi connectivity index (χ1) is 20.6. The maximum absolute atomic E-state index is 12.9. The number of carboxylic acids is 1. The van der Waals surface area contributed by atoms with Gasteiger partial charge in [-0.3, -0.25) is 38.6 Å². The Balaban J connectivity index is 2.75. The highest BCUT2D eigenvalue weighted by Crippen LogP contribution is 2.02. The van der Waals surface area contributed by atoms with Crippen molar-refractivity contribution in [3.63, 3.8) is 0 Å². The van der Waals surface area contributed by atoms with Crippen molar-refractivity contribution in [1.82, 2.24) is 31.9 Å². The van der Waals surface area contributed by atoms with Crippen LogP contribution in [0.25, 0.3) is 0 Å². The van der Waals surface area contributed by atoms with Crippen molar-refractivity contribution in [1.29, 1.82) is 0 Å². The summed E-state index contributed by atoms with van der Waals surface area (Å²) in [7, 11) is 0. The molecule has 0 aliphatic heterocycles. The Labute approximate surface area is 254 Å². The van der Waals surface area contributed by atoms with Crippen molar-refractivity contribution in [2.45, 2.75) is 70.7 Å². The van der Waals surface area contributed by atoms with Crippen LogP contribution in [0.3, 0.4) is 0 Å². The molecule has 0 saturated carbocycles. The summed E-state index contributed by atoms with van der Waals surface area (Å²) in [6, 6.07) is 2.76. The maximum atomic E-state index is 12.9. The van der Waals surface area contributed by atoms with Crippen molar-refractivity contribution in [3.05, 3.63) is 35.9 Å². The minimum Gasteiger partial charge on any atom is -0.480 e. The van der Waals surface area contributed by atoms with Gasteiger partial charge < -0.3 is 48.5 Å². The molecule has 17 nitrogen and oxygen atoms in total. The summed E-state index contributed by atoms with van der Waals surface area (Å²) in [6.07, 6.45) is 0.316. The first kappa shape index (κ1) is 36.8. The van der Waals surface area contributed by atoms with Gasteiger partial charge in [0.25, 0.3) is 5.91 Å². The Morgan fingerprint density at radius 1 is 0.705 bits per heavy atom. The molecule has 1 aromatic carbocycles. The Morgan fingerprint density at radius 3 is 1.70 bits per heavy atom. The van der Waals surface area contributed by atoms with Crippen LogP contribution in [0.2, 0.25) is 0 Å². The van der Waals surface area contributed by atoms with E-state index >= 15 is 0 Å². The van der Waals surface area contributed by atoms with E-state index in [1.807, 2.05) is 0 Å². The van der Waals surface area contributed by atoms with E-state index in [0.29, 0.717) is 5.56 Å². The molecule has 1 aromatic rings. The molecule has 0 radical (unpaired) electrons. The zero-order valence-corrected chi connectivity index (χ0v) is 25.0. The maximum Gasteiger partial charge on any atom is 0.322 e. The second-order valence-electron chi connectivity index (χ2n) is 9.87. The van der Waals surface area contributed by atoms with Crippen LogP contribution < -0.4 is 43.4 Å². The molecule has 242 valence electrons. The quantitative estimate of drug-likeness (QED) is 0.0486. The molecular weight excluding hydrogens is 578 g/mol. The summed E-state index contributed by atoms with van der Waals surface area (Å²) in [6.45, 7) is 5.03. The molecule has 0 fully saturated rings. The summed E-state index contributed by atoms with van der Waals surface area (Å²) in [5.41, 5.74) is 11.0. The van der Waals surface area contributed by atoms with Gasteiger partial charge in [-0.05, 0) is 52.7 Å². The van der Waals surface area contributed by atoms with Crippen LogP contribution in [0.15, 0.2) is 35.3 Å². The first-order valence-electron chi connectivity index (χ1n) is 13.7. The summed E-state index contributed by atoms with van der Waals surface area (Å²) in [5, 5.41) is 23.2.